The molecule has 2 rings (SSSR count). The fourth-order valence-electron chi connectivity index (χ4n) is 2.27. The number of hydrogen-bond donors (Lipinski definition) is 2. The van der Waals surface area contributed by atoms with E-state index in [1.165, 1.54) is 0 Å². The van der Waals surface area contributed by atoms with Crippen LogP contribution in [0.3, 0.4) is 0 Å². The first kappa shape index (κ1) is 11.2. The van der Waals surface area contributed by atoms with Crippen LogP contribution in [0.4, 0.5) is 4.79 Å². The topological polar surface area (TPSA) is 69.6 Å². The summed E-state index contributed by atoms with van der Waals surface area (Å²) >= 11 is 0. The maximum Gasteiger partial charge on any atom is 0.317 e. The Kier molecular flexibility index (Phi) is 3.03. The first-order valence-electron chi connectivity index (χ1n) is 5.90. The van der Waals surface area contributed by atoms with Gasteiger partial charge in [0, 0.05) is 19.1 Å². The van der Waals surface area contributed by atoms with Crippen LogP contribution in [0, 0.1) is 11.8 Å². The summed E-state index contributed by atoms with van der Waals surface area (Å²) in [4.78, 5) is 24.1. The molecule has 2 amide bonds. The molecule has 1 heterocycles. The average Bonchev–Trinajstić information content (AvgIpc) is 2.80. The quantitative estimate of drug-likeness (QED) is 0.751. The van der Waals surface area contributed by atoms with E-state index in [1.54, 1.807) is 4.90 Å². The van der Waals surface area contributed by atoms with E-state index >= 15 is 0 Å². The minimum atomic E-state index is -0.798. The van der Waals surface area contributed by atoms with E-state index in [0.29, 0.717) is 31.5 Å². The number of carbonyl (C=O) groups excluding carboxylic acids is 1. The largest absolute Gasteiger partial charge is 0.481 e. The maximum absolute atomic E-state index is 11.7. The highest BCUT2D eigenvalue weighted by Crippen LogP contribution is 2.33. The SMILES string of the molecule is CC[C@@H]1C[C@H]1NC(=O)N1CCC(C(=O)O)C1. The Labute approximate surface area is 94.8 Å². The highest BCUT2D eigenvalue weighted by molar-refractivity contribution is 5.77. The van der Waals surface area contributed by atoms with E-state index < -0.39 is 5.97 Å². The summed E-state index contributed by atoms with van der Waals surface area (Å²) in [7, 11) is 0. The second-order valence-electron chi connectivity index (χ2n) is 4.73. The van der Waals surface area contributed by atoms with E-state index in [1.807, 2.05) is 0 Å². The van der Waals surface area contributed by atoms with Gasteiger partial charge in [-0.1, -0.05) is 13.3 Å². The van der Waals surface area contributed by atoms with Gasteiger partial charge in [0.15, 0.2) is 0 Å². The van der Waals surface area contributed by atoms with Crippen LogP contribution in [0.5, 0.6) is 0 Å². The molecule has 5 nitrogen and oxygen atoms in total. The number of likely N-dealkylation sites (tertiary alicyclic amines) is 1. The number of urea groups is 1. The van der Waals surface area contributed by atoms with Crippen molar-refractivity contribution >= 4 is 12.0 Å². The lowest BCUT2D eigenvalue weighted by Crippen LogP contribution is -2.40. The average molecular weight is 226 g/mol. The summed E-state index contributed by atoms with van der Waals surface area (Å²) in [5.41, 5.74) is 0. The van der Waals surface area contributed by atoms with Gasteiger partial charge in [-0.05, 0) is 18.8 Å². The molecular weight excluding hydrogens is 208 g/mol. The van der Waals surface area contributed by atoms with E-state index in [-0.39, 0.29) is 11.9 Å². The summed E-state index contributed by atoms with van der Waals surface area (Å²) in [6.07, 6.45) is 2.74. The van der Waals surface area contributed by atoms with Crippen LogP contribution in [-0.2, 0) is 4.79 Å². The van der Waals surface area contributed by atoms with Crippen molar-refractivity contribution in [1.82, 2.24) is 10.2 Å². The monoisotopic (exact) mass is 226 g/mol. The van der Waals surface area contributed by atoms with Crippen molar-refractivity contribution < 1.29 is 14.7 Å². The molecule has 0 bridgehead atoms. The van der Waals surface area contributed by atoms with Crippen LogP contribution in [0.25, 0.3) is 0 Å². The molecular formula is C11H18N2O3. The van der Waals surface area contributed by atoms with Gasteiger partial charge in [-0.2, -0.15) is 0 Å². The smallest absolute Gasteiger partial charge is 0.317 e. The third-order valence-corrected chi connectivity index (χ3v) is 3.58. The Morgan fingerprint density at radius 1 is 1.50 bits per heavy atom. The van der Waals surface area contributed by atoms with Crippen LogP contribution >= 0.6 is 0 Å². The summed E-state index contributed by atoms with van der Waals surface area (Å²) in [6, 6.07) is 0.228. The molecule has 90 valence electrons. The van der Waals surface area contributed by atoms with E-state index in [9.17, 15) is 9.59 Å². The standard InChI is InChI=1S/C11H18N2O3/c1-2-7-5-9(7)12-11(16)13-4-3-8(6-13)10(14)15/h7-9H,2-6H2,1H3,(H,12,16)(H,14,15)/t7-,8?,9-/m1/s1. The summed E-state index contributed by atoms with van der Waals surface area (Å²) in [5.74, 6) is -0.554. The lowest BCUT2D eigenvalue weighted by molar-refractivity contribution is -0.141. The Bertz CT molecular complexity index is 306. The number of carbonyl (C=O) groups is 2. The predicted molar refractivity (Wildman–Crippen MR) is 58.0 cm³/mol. The van der Waals surface area contributed by atoms with Crippen LogP contribution < -0.4 is 5.32 Å². The molecule has 0 spiro atoms. The second kappa shape index (κ2) is 4.31. The minimum Gasteiger partial charge on any atom is -0.481 e. The Morgan fingerprint density at radius 3 is 2.75 bits per heavy atom. The summed E-state index contributed by atoms with van der Waals surface area (Å²) in [6.45, 7) is 3.03. The lowest BCUT2D eigenvalue weighted by atomic mass is 10.1. The number of aliphatic carboxylic acids is 1. The van der Waals surface area contributed by atoms with Crippen molar-refractivity contribution in [2.75, 3.05) is 13.1 Å². The third-order valence-electron chi connectivity index (χ3n) is 3.58. The van der Waals surface area contributed by atoms with Crippen molar-refractivity contribution in [3.63, 3.8) is 0 Å². The molecule has 0 aromatic rings. The van der Waals surface area contributed by atoms with Gasteiger partial charge in [0.2, 0.25) is 0 Å². The summed E-state index contributed by atoms with van der Waals surface area (Å²) < 4.78 is 0. The fraction of sp³-hybridized carbons (Fsp3) is 0.818. The number of nitrogens with one attached hydrogen (secondary N) is 1. The number of hydrogen-bond acceptors (Lipinski definition) is 2. The number of rotatable bonds is 3. The zero-order valence-corrected chi connectivity index (χ0v) is 9.48. The Morgan fingerprint density at radius 2 is 2.25 bits per heavy atom. The minimum absolute atomic E-state index is 0.0929. The second-order valence-corrected chi connectivity index (χ2v) is 4.73. The van der Waals surface area contributed by atoms with Gasteiger partial charge >= 0.3 is 12.0 Å². The molecule has 5 heteroatoms. The highest BCUT2D eigenvalue weighted by Gasteiger charge is 2.39. The van der Waals surface area contributed by atoms with Crippen LogP contribution in [-0.4, -0.2) is 41.1 Å². The van der Waals surface area contributed by atoms with Crippen molar-refractivity contribution in [1.29, 1.82) is 0 Å². The van der Waals surface area contributed by atoms with Crippen molar-refractivity contribution in [3.8, 4) is 0 Å². The van der Waals surface area contributed by atoms with E-state index in [2.05, 4.69) is 12.2 Å². The van der Waals surface area contributed by atoms with Gasteiger partial charge in [-0.15, -0.1) is 0 Å². The van der Waals surface area contributed by atoms with Gasteiger partial charge in [0.05, 0.1) is 5.92 Å². The van der Waals surface area contributed by atoms with Crippen molar-refractivity contribution in [2.45, 2.75) is 32.2 Å². The molecule has 0 radical (unpaired) electrons. The van der Waals surface area contributed by atoms with Gasteiger partial charge in [-0.3, -0.25) is 4.79 Å². The van der Waals surface area contributed by atoms with Crippen LogP contribution in [0.2, 0.25) is 0 Å². The van der Waals surface area contributed by atoms with Crippen molar-refractivity contribution in [3.05, 3.63) is 0 Å². The number of amides is 2. The maximum atomic E-state index is 11.7. The molecule has 2 N–H and O–H groups in total. The molecule has 1 saturated heterocycles. The van der Waals surface area contributed by atoms with Gasteiger partial charge < -0.3 is 15.3 Å². The number of carboxylic acid groups (broad SMARTS) is 1. The van der Waals surface area contributed by atoms with Gasteiger partial charge in [0.1, 0.15) is 0 Å². The van der Waals surface area contributed by atoms with Gasteiger partial charge in [-0.25, -0.2) is 4.79 Å². The first-order chi connectivity index (χ1) is 7.61. The molecule has 0 aromatic heterocycles. The molecule has 2 fully saturated rings. The Hall–Kier alpha value is -1.26. The van der Waals surface area contributed by atoms with E-state index in [0.717, 1.165) is 12.8 Å². The molecule has 1 saturated carbocycles. The first-order valence-corrected chi connectivity index (χ1v) is 5.90. The molecule has 0 aromatic carbocycles. The molecule has 1 unspecified atom stereocenters. The highest BCUT2D eigenvalue weighted by atomic mass is 16.4. The predicted octanol–water partition coefficient (Wildman–Crippen LogP) is 0.901. The summed E-state index contributed by atoms with van der Waals surface area (Å²) in [5, 5.41) is 11.8. The molecule has 3 atom stereocenters. The van der Waals surface area contributed by atoms with E-state index in [4.69, 9.17) is 5.11 Å². The third kappa shape index (κ3) is 2.28. The van der Waals surface area contributed by atoms with Crippen LogP contribution in [0.1, 0.15) is 26.2 Å². The number of nitrogens with zero attached hydrogens (tertiary/aromatic N) is 1. The normalized spacial score (nSPS) is 32.6. The Balaban J connectivity index is 1.77. The van der Waals surface area contributed by atoms with Gasteiger partial charge in [0.25, 0.3) is 0 Å². The van der Waals surface area contributed by atoms with Crippen LogP contribution in [0.15, 0.2) is 0 Å². The molecule has 16 heavy (non-hydrogen) atoms. The number of carboxylic acids is 1. The molecule has 2 aliphatic rings. The molecule has 1 aliphatic carbocycles. The molecule has 1 aliphatic heterocycles. The van der Waals surface area contributed by atoms with Crippen molar-refractivity contribution in [2.24, 2.45) is 11.8 Å². The fourth-order valence-corrected chi connectivity index (χ4v) is 2.27. The lowest BCUT2D eigenvalue weighted by Gasteiger charge is -2.16. The zero-order valence-electron chi connectivity index (χ0n) is 9.48. The zero-order chi connectivity index (χ0) is 11.7.